The van der Waals surface area contributed by atoms with Crippen LogP contribution >= 0.6 is 0 Å². The number of likely N-dealkylation sites (tertiary alicyclic amines) is 1. The molecule has 1 heterocycles. The molecule has 0 radical (unpaired) electrons. The molecule has 2 rings (SSSR count). The Balaban J connectivity index is 1.76. The third-order valence-corrected chi connectivity index (χ3v) is 3.73. The van der Waals surface area contributed by atoms with E-state index >= 15 is 0 Å². The highest BCUT2D eigenvalue weighted by Gasteiger charge is 2.38. The number of nitrogens with zero attached hydrogens (tertiary/aromatic N) is 1. The molecule has 5 heteroatoms. The van der Waals surface area contributed by atoms with Gasteiger partial charge in [0.05, 0.1) is 18.4 Å². The Labute approximate surface area is 119 Å². The van der Waals surface area contributed by atoms with E-state index in [-0.39, 0.29) is 5.91 Å². The van der Waals surface area contributed by atoms with Crippen LogP contribution in [-0.4, -0.2) is 48.3 Å². The Kier molecular flexibility index (Phi) is 4.62. The third kappa shape index (κ3) is 3.49. The molecule has 0 spiro atoms. The average molecular weight is 278 g/mol. The molecule has 0 unspecified atom stereocenters. The standard InChI is InChI=1S/C15H22N2O3/c1-3-15(19)10-17(11-15)9-8-14(18)16-12-6-4-5-7-13(12)20-2/h4-7,19H,3,8-11H2,1-2H3,(H,16,18). The molecule has 0 aliphatic carbocycles. The monoisotopic (exact) mass is 278 g/mol. The minimum Gasteiger partial charge on any atom is -0.495 e. The van der Waals surface area contributed by atoms with Crippen LogP contribution in [0.2, 0.25) is 0 Å². The summed E-state index contributed by atoms with van der Waals surface area (Å²) in [6.07, 6.45) is 1.18. The highest BCUT2D eigenvalue weighted by Crippen LogP contribution is 2.25. The normalized spacial score (nSPS) is 17.4. The lowest BCUT2D eigenvalue weighted by atomic mass is 9.91. The van der Waals surface area contributed by atoms with E-state index in [4.69, 9.17) is 4.74 Å². The molecule has 20 heavy (non-hydrogen) atoms. The molecule has 0 bridgehead atoms. The highest BCUT2D eigenvalue weighted by molar-refractivity contribution is 5.92. The van der Waals surface area contributed by atoms with E-state index in [0.717, 1.165) is 6.42 Å². The lowest BCUT2D eigenvalue weighted by molar-refractivity contribution is -0.121. The second-order valence-electron chi connectivity index (χ2n) is 5.29. The van der Waals surface area contributed by atoms with Crippen molar-refractivity contribution < 1.29 is 14.6 Å². The van der Waals surface area contributed by atoms with E-state index in [9.17, 15) is 9.90 Å². The lowest BCUT2D eigenvalue weighted by Crippen LogP contribution is -2.61. The molecule has 1 saturated heterocycles. The maximum absolute atomic E-state index is 11.9. The van der Waals surface area contributed by atoms with Gasteiger partial charge in [-0.25, -0.2) is 0 Å². The number of para-hydroxylation sites is 2. The van der Waals surface area contributed by atoms with Gasteiger partial charge in [-0.1, -0.05) is 19.1 Å². The fraction of sp³-hybridized carbons (Fsp3) is 0.533. The average Bonchev–Trinajstić information content (AvgIpc) is 2.43. The van der Waals surface area contributed by atoms with Gasteiger partial charge in [0.25, 0.3) is 0 Å². The molecule has 5 nitrogen and oxygen atoms in total. The maximum atomic E-state index is 11.9. The number of hydrogen-bond donors (Lipinski definition) is 2. The summed E-state index contributed by atoms with van der Waals surface area (Å²) < 4.78 is 5.19. The van der Waals surface area contributed by atoms with Crippen molar-refractivity contribution in [1.29, 1.82) is 0 Å². The number of anilines is 1. The predicted molar refractivity (Wildman–Crippen MR) is 77.9 cm³/mol. The van der Waals surface area contributed by atoms with Gasteiger partial charge < -0.3 is 15.2 Å². The molecule has 0 saturated carbocycles. The van der Waals surface area contributed by atoms with Crippen LogP contribution in [0.15, 0.2) is 24.3 Å². The first kappa shape index (κ1) is 14.8. The van der Waals surface area contributed by atoms with E-state index in [0.29, 0.717) is 37.5 Å². The Morgan fingerprint density at radius 1 is 1.45 bits per heavy atom. The van der Waals surface area contributed by atoms with E-state index < -0.39 is 5.60 Å². The van der Waals surface area contributed by atoms with Crippen molar-refractivity contribution in [3.63, 3.8) is 0 Å². The zero-order chi connectivity index (χ0) is 14.6. The second kappa shape index (κ2) is 6.24. The predicted octanol–water partition coefficient (Wildman–Crippen LogP) is 1.48. The molecule has 0 atom stereocenters. The van der Waals surface area contributed by atoms with Crippen molar-refractivity contribution in [3.8, 4) is 5.75 Å². The van der Waals surface area contributed by atoms with Crippen LogP contribution in [0.5, 0.6) is 5.75 Å². The Morgan fingerprint density at radius 2 is 2.15 bits per heavy atom. The first-order valence-electron chi connectivity index (χ1n) is 6.94. The van der Waals surface area contributed by atoms with Crippen LogP contribution in [0, 0.1) is 0 Å². The topological polar surface area (TPSA) is 61.8 Å². The molecule has 1 aromatic carbocycles. The number of carbonyl (C=O) groups is 1. The maximum Gasteiger partial charge on any atom is 0.225 e. The molecule has 1 aromatic rings. The van der Waals surface area contributed by atoms with Crippen molar-refractivity contribution >= 4 is 11.6 Å². The summed E-state index contributed by atoms with van der Waals surface area (Å²) >= 11 is 0. The number of methoxy groups -OCH3 is 1. The molecule has 1 aliphatic rings. The van der Waals surface area contributed by atoms with E-state index in [2.05, 4.69) is 10.2 Å². The van der Waals surface area contributed by atoms with Gasteiger partial charge in [-0.2, -0.15) is 0 Å². The van der Waals surface area contributed by atoms with Gasteiger partial charge in [-0.05, 0) is 18.6 Å². The molecular weight excluding hydrogens is 256 g/mol. The van der Waals surface area contributed by atoms with Crippen LogP contribution in [0.3, 0.4) is 0 Å². The van der Waals surface area contributed by atoms with Crippen LogP contribution in [0.1, 0.15) is 19.8 Å². The van der Waals surface area contributed by atoms with Crippen molar-refractivity contribution in [2.24, 2.45) is 0 Å². The zero-order valence-corrected chi connectivity index (χ0v) is 12.1. The second-order valence-corrected chi connectivity index (χ2v) is 5.29. The molecular formula is C15H22N2O3. The van der Waals surface area contributed by atoms with Gasteiger partial charge in [-0.15, -0.1) is 0 Å². The smallest absolute Gasteiger partial charge is 0.225 e. The number of amides is 1. The number of aliphatic hydroxyl groups is 1. The summed E-state index contributed by atoms with van der Waals surface area (Å²) in [4.78, 5) is 14.0. The number of carbonyl (C=O) groups excluding carboxylic acids is 1. The number of rotatable bonds is 6. The van der Waals surface area contributed by atoms with Gasteiger partial charge in [0.15, 0.2) is 0 Å². The van der Waals surface area contributed by atoms with Crippen molar-refractivity contribution in [1.82, 2.24) is 4.90 Å². The number of β-amino-alcohol motifs (C(OH)–C–C–N with tert-alkyl or cyclic N) is 1. The van der Waals surface area contributed by atoms with Crippen molar-refractivity contribution in [2.75, 3.05) is 32.1 Å². The Bertz CT molecular complexity index is 470. The fourth-order valence-corrected chi connectivity index (χ4v) is 2.39. The number of nitrogens with one attached hydrogen (secondary N) is 1. The van der Waals surface area contributed by atoms with E-state index in [1.807, 2.05) is 31.2 Å². The first-order chi connectivity index (χ1) is 9.56. The fourth-order valence-electron chi connectivity index (χ4n) is 2.39. The van der Waals surface area contributed by atoms with Gasteiger partial charge >= 0.3 is 0 Å². The Hall–Kier alpha value is -1.59. The quantitative estimate of drug-likeness (QED) is 0.827. The molecule has 1 fully saturated rings. The SMILES string of the molecule is CCC1(O)CN(CCC(=O)Nc2ccccc2OC)C1. The minimum atomic E-state index is -0.543. The number of hydrogen-bond acceptors (Lipinski definition) is 4. The summed E-state index contributed by atoms with van der Waals surface area (Å²) in [6.45, 7) is 3.96. The number of benzene rings is 1. The molecule has 1 amide bonds. The summed E-state index contributed by atoms with van der Waals surface area (Å²) in [5.41, 5.74) is 0.146. The summed E-state index contributed by atoms with van der Waals surface area (Å²) in [5.74, 6) is 0.617. The zero-order valence-electron chi connectivity index (χ0n) is 12.1. The van der Waals surface area contributed by atoms with Crippen LogP contribution < -0.4 is 10.1 Å². The van der Waals surface area contributed by atoms with Gasteiger partial charge in [0.1, 0.15) is 5.75 Å². The van der Waals surface area contributed by atoms with E-state index in [1.54, 1.807) is 7.11 Å². The molecule has 0 aromatic heterocycles. The molecule has 110 valence electrons. The van der Waals surface area contributed by atoms with Crippen LogP contribution in [0.25, 0.3) is 0 Å². The highest BCUT2D eigenvalue weighted by atomic mass is 16.5. The third-order valence-electron chi connectivity index (χ3n) is 3.73. The van der Waals surface area contributed by atoms with Crippen molar-refractivity contribution in [3.05, 3.63) is 24.3 Å². The largest absolute Gasteiger partial charge is 0.495 e. The van der Waals surface area contributed by atoms with E-state index in [1.165, 1.54) is 0 Å². The van der Waals surface area contributed by atoms with Crippen molar-refractivity contribution in [2.45, 2.75) is 25.4 Å². The molecule has 1 aliphatic heterocycles. The summed E-state index contributed by atoms with van der Waals surface area (Å²) in [6, 6.07) is 7.34. The van der Waals surface area contributed by atoms with Gasteiger partial charge in [0.2, 0.25) is 5.91 Å². The minimum absolute atomic E-state index is 0.0403. The molecule has 2 N–H and O–H groups in total. The summed E-state index contributed by atoms with van der Waals surface area (Å²) in [5, 5.41) is 12.7. The summed E-state index contributed by atoms with van der Waals surface area (Å²) in [7, 11) is 1.58. The van der Waals surface area contributed by atoms with Gasteiger partial charge in [0, 0.05) is 26.1 Å². The Morgan fingerprint density at radius 3 is 2.80 bits per heavy atom. The lowest BCUT2D eigenvalue weighted by Gasteiger charge is -2.46. The first-order valence-corrected chi connectivity index (χ1v) is 6.94. The number of ether oxygens (including phenoxy) is 1. The van der Waals surface area contributed by atoms with Crippen LogP contribution in [0.4, 0.5) is 5.69 Å². The van der Waals surface area contributed by atoms with Crippen LogP contribution in [-0.2, 0) is 4.79 Å². The van der Waals surface area contributed by atoms with Gasteiger partial charge in [-0.3, -0.25) is 9.69 Å².